The first-order valence-electron chi connectivity index (χ1n) is 4.28. The Morgan fingerprint density at radius 1 is 1.31 bits per heavy atom. The zero-order valence-corrected chi connectivity index (χ0v) is 8.55. The largest absolute Gasteiger partial charge is 0.435 e. The van der Waals surface area contributed by atoms with Crippen LogP contribution in [0, 0.1) is 6.20 Å². The summed E-state index contributed by atoms with van der Waals surface area (Å²) in [5, 5.41) is 3.80. The van der Waals surface area contributed by atoms with Crippen molar-refractivity contribution in [3.05, 3.63) is 47.2 Å². The number of benzene rings is 1. The molecular formula is C10H5ClF3N2. The number of hydrogen-bond donors (Lipinski definition) is 0. The van der Waals surface area contributed by atoms with Gasteiger partial charge in [0.1, 0.15) is 0 Å². The third kappa shape index (κ3) is 2.19. The monoisotopic (exact) mass is 245 g/mol. The Labute approximate surface area is 94.3 Å². The summed E-state index contributed by atoms with van der Waals surface area (Å²) in [7, 11) is 0. The number of nitrogens with zero attached hydrogens (tertiary/aromatic N) is 2. The highest BCUT2D eigenvalue weighted by Crippen LogP contribution is 2.27. The molecule has 2 nitrogen and oxygen atoms in total. The van der Waals surface area contributed by atoms with Gasteiger partial charge in [-0.3, -0.25) is 0 Å². The second-order valence-electron chi connectivity index (χ2n) is 3.05. The lowest BCUT2D eigenvalue weighted by molar-refractivity contribution is -0.141. The molecule has 0 aliphatic heterocycles. The first-order chi connectivity index (χ1) is 7.47. The van der Waals surface area contributed by atoms with Crippen LogP contribution in [0.2, 0.25) is 5.02 Å². The molecule has 0 atom stereocenters. The second kappa shape index (κ2) is 3.83. The van der Waals surface area contributed by atoms with Gasteiger partial charge in [-0.15, -0.1) is 0 Å². The van der Waals surface area contributed by atoms with Gasteiger partial charge in [0.05, 0.1) is 11.9 Å². The zero-order chi connectivity index (χ0) is 11.8. The number of halogens is 4. The molecule has 83 valence electrons. The topological polar surface area (TPSA) is 17.8 Å². The standard InChI is InChI=1S/C10H5ClF3N2/c11-7-2-1-3-8(6-7)16-5-4-9(15-16)10(12,13)14/h1-4,6H. The van der Waals surface area contributed by atoms with Crippen molar-refractivity contribution < 1.29 is 13.2 Å². The number of rotatable bonds is 1. The minimum Gasteiger partial charge on any atom is -0.231 e. The van der Waals surface area contributed by atoms with E-state index in [1.54, 1.807) is 18.2 Å². The van der Waals surface area contributed by atoms with Crippen LogP contribution in [0.15, 0.2) is 30.3 Å². The molecule has 0 saturated carbocycles. The summed E-state index contributed by atoms with van der Waals surface area (Å²) in [6, 6.07) is 7.14. The second-order valence-corrected chi connectivity index (χ2v) is 3.48. The molecular weight excluding hydrogens is 241 g/mol. The maximum absolute atomic E-state index is 12.3. The van der Waals surface area contributed by atoms with E-state index in [0.717, 1.165) is 10.7 Å². The molecule has 0 aliphatic carbocycles. The molecule has 2 aromatic rings. The number of hydrogen-bond acceptors (Lipinski definition) is 1. The lowest BCUT2D eigenvalue weighted by Crippen LogP contribution is -2.07. The molecule has 0 spiro atoms. The number of alkyl halides is 3. The van der Waals surface area contributed by atoms with E-state index in [2.05, 4.69) is 11.3 Å². The molecule has 1 aromatic carbocycles. The quantitative estimate of drug-likeness (QED) is 0.753. The predicted molar refractivity (Wildman–Crippen MR) is 52.4 cm³/mol. The van der Waals surface area contributed by atoms with Gasteiger partial charge >= 0.3 is 6.18 Å². The summed E-state index contributed by atoms with van der Waals surface area (Å²) in [6.45, 7) is 0. The summed E-state index contributed by atoms with van der Waals surface area (Å²) < 4.78 is 37.8. The van der Waals surface area contributed by atoms with Crippen LogP contribution < -0.4 is 0 Å². The van der Waals surface area contributed by atoms with Crippen LogP contribution in [-0.4, -0.2) is 9.78 Å². The molecule has 1 radical (unpaired) electrons. The van der Waals surface area contributed by atoms with Crippen LogP contribution in [0.5, 0.6) is 0 Å². The van der Waals surface area contributed by atoms with Gasteiger partial charge in [0.15, 0.2) is 5.69 Å². The van der Waals surface area contributed by atoms with E-state index in [9.17, 15) is 13.2 Å². The average molecular weight is 246 g/mol. The summed E-state index contributed by atoms with van der Waals surface area (Å²) in [5.41, 5.74) is -0.546. The van der Waals surface area contributed by atoms with E-state index in [4.69, 9.17) is 11.6 Å². The van der Waals surface area contributed by atoms with Crippen molar-refractivity contribution in [3.63, 3.8) is 0 Å². The van der Waals surface area contributed by atoms with Crippen molar-refractivity contribution in [2.45, 2.75) is 6.18 Å². The SMILES string of the molecule is FC(F)(F)c1c[c]n(-c2cccc(Cl)c2)n1. The smallest absolute Gasteiger partial charge is 0.231 e. The molecule has 2 rings (SSSR count). The van der Waals surface area contributed by atoms with Crippen LogP contribution in [0.3, 0.4) is 0 Å². The van der Waals surface area contributed by atoms with Crippen LogP contribution >= 0.6 is 11.6 Å². The molecule has 0 saturated heterocycles. The zero-order valence-electron chi connectivity index (χ0n) is 7.79. The van der Waals surface area contributed by atoms with Crippen LogP contribution in [-0.2, 0) is 6.18 Å². The predicted octanol–water partition coefficient (Wildman–Crippen LogP) is 3.34. The molecule has 16 heavy (non-hydrogen) atoms. The summed E-state index contributed by atoms with van der Waals surface area (Å²) in [5.74, 6) is 0. The van der Waals surface area contributed by atoms with Crippen molar-refractivity contribution >= 4 is 11.6 Å². The summed E-state index contributed by atoms with van der Waals surface area (Å²) in [6.07, 6.45) is -2.08. The van der Waals surface area contributed by atoms with Gasteiger partial charge < -0.3 is 0 Å². The number of aromatic nitrogens is 2. The van der Waals surface area contributed by atoms with Gasteiger partial charge in [0.2, 0.25) is 0 Å². The highest BCUT2D eigenvalue weighted by atomic mass is 35.5. The van der Waals surface area contributed by atoms with E-state index in [1.165, 1.54) is 6.07 Å². The van der Waals surface area contributed by atoms with Gasteiger partial charge in [-0.05, 0) is 24.3 Å². The Balaban J connectivity index is 2.39. The van der Waals surface area contributed by atoms with Gasteiger partial charge in [0.25, 0.3) is 0 Å². The average Bonchev–Trinajstić information content (AvgIpc) is 2.65. The molecule has 1 aromatic heterocycles. The molecule has 0 amide bonds. The van der Waals surface area contributed by atoms with Crippen molar-refractivity contribution in [2.75, 3.05) is 0 Å². The Bertz CT molecular complexity index is 505. The lowest BCUT2D eigenvalue weighted by Gasteiger charge is -2.02. The summed E-state index contributed by atoms with van der Waals surface area (Å²) >= 11 is 5.71. The van der Waals surface area contributed by atoms with E-state index >= 15 is 0 Å². The van der Waals surface area contributed by atoms with E-state index in [1.807, 2.05) is 0 Å². The fourth-order valence-corrected chi connectivity index (χ4v) is 1.35. The fraction of sp³-hybridized carbons (Fsp3) is 0.100. The normalized spacial score (nSPS) is 11.8. The Hall–Kier alpha value is -1.49. The van der Waals surface area contributed by atoms with Crippen molar-refractivity contribution in [2.24, 2.45) is 0 Å². The highest BCUT2D eigenvalue weighted by molar-refractivity contribution is 6.30. The Morgan fingerprint density at radius 2 is 2.06 bits per heavy atom. The molecule has 1 heterocycles. The first-order valence-corrected chi connectivity index (χ1v) is 4.65. The molecule has 6 heteroatoms. The molecule has 0 aliphatic rings. The van der Waals surface area contributed by atoms with Crippen molar-refractivity contribution in [1.29, 1.82) is 0 Å². The van der Waals surface area contributed by atoms with Crippen molar-refractivity contribution in [1.82, 2.24) is 9.78 Å². The van der Waals surface area contributed by atoms with Crippen LogP contribution in [0.4, 0.5) is 13.2 Å². The van der Waals surface area contributed by atoms with Gasteiger partial charge in [-0.2, -0.15) is 18.3 Å². The highest BCUT2D eigenvalue weighted by Gasteiger charge is 2.33. The third-order valence-corrected chi connectivity index (χ3v) is 2.11. The third-order valence-electron chi connectivity index (χ3n) is 1.87. The minimum atomic E-state index is -4.46. The van der Waals surface area contributed by atoms with Crippen molar-refractivity contribution in [3.8, 4) is 5.69 Å². The van der Waals surface area contributed by atoms with Crippen LogP contribution in [0.1, 0.15) is 5.69 Å². The maximum atomic E-state index is 12.3. The molecule has 0 bridgehead atoms. The Morgan fingerprint density at radius 3 is 2.62 bits per heavy atom. The lowest BCUT2D eigenvalue weighted by atomic mass is 10.3. The van der Waals surface area contributed by atoms with Gasteiger partial charge in [-0.25, -0.2) is 4.68 Å². The molecule has 0 N–H and O–H groups in total. The summed E-state index contributed by atoms with van der Waals surface area (Å²) in [4.78, 5) is 0. The first kappa shape index (κ1) is 11.0. The maximum Gasteiger partial charge on any atom is 0.435 e. The van der Waals surface area contributed by atoms with E-state index in [-0.39, 0.29) is 0 Å². The van der Waals surface area contributed by atoms with E-state index in [0.29, 0.717) is 10.7 Å². The van der Waals surface area contributed by atoms with Gasteiger partial charge in [-0.1, -0.05) is 17.7 Å². The van der Waals surface area contributed by atoms with Gasteiger partial charge in [0, 0.05) is 5.02 Å². The van der Waals surface area contributed by atoms with E-state index < -0.39 is 11.9 Å². The fourth-order valence-electron chi connectivity index (χ4n) is 1.17. The molecule has 0 fully saturated rings. The van der Waals surface area contributed by atoms with Crippen LogP contribution in [0.25, 0.3) is 5.69 Å². The molecule has 0 unspecified atom stereocenters. The minimum absolute atomic E-state index is 0.426. The Kier molecular flexibility index (Phi) is 2.63.